The lowest BCUT2D eigenvalue weighted by Gasteiger charge is -2.07. The minimum atomic E-state index is -0.395. The van der Waals surface area contributed by atoms with Gasteiger partial charge in [-0.2, -0.15) is 0 Å². The molecule has 0 radical (unpaired) electrons. The molecule has 2 rings (SSSR count). The zero-order valence-electron chi connectivity index (χ0n) is 9.59. The third-order valence-corrected chi connectivity index (χ3v) is 3.26. The standard InChI is InChI=1S/C13H10BrNO3/c1-18-9-6-7-13(15(16)17)11(8-9)10-4-2-3-5-12(10)14/h2-8H,1H3. The molecule has 0 amide bonds. The molecule has 0 bridgehead atoms. The Balaban J connectivity index is 2.68. The van der Waals surface area contributed by atoms with E-state index in [1.54, 1.807) is 12.1 Å². The lowest BCUT2D eigenvalue weighted by atomic mass is 10.0. The van der Waals surface area contributed by atoms with Crippen molar-refractivity contribution in [3.63, 3.8) is 0 Å². The molecule has 0 saturated heterocycles. The zero-order valence-corrected chi connectivity index (χ0v) is 11.2. The summed E-state index contributed by atoms with van der Waals surface area (Å²) in [5.74, 6) is 0.589. The molecule has 0 spiro atoms. The van der Waals surface area contributed by atoms with E-state index in [9.17, 15) is 10.1 Å². The zero-order chi connectivity index (χ0) is 13.1. The van der Waals surface area contributed by atoms with E-state index in [0.29, 0.717) is 11.3 Å². The number of nitrogens with zero attached hydrogens (tertiary/aromatic N) is 1. The van der Waals surface area contributed by atoms with Crippen molar-refractivity contribution in [3.05, 3.63) is 57.1 Å². The van der Waals surface area contributed by atoms with Crippen LogP contribution in [0.5, 0.6) is 5.75 Å². The van der Waals surface area contributed by atoms with Crippen molar-refractivity contribution in [1.82, 2.24) is 0 Å². The monoisotopic (exact) mass is 307 g/mol. The van der Waals surface area contributed by atoms with E-state index in [-0.39, 0.29) is 5.69 Å². The highest BCUT2D eigenvalue weighted by atomic mass is 79.9. The van der Waals surface area contributed by atoms with Crippen molar-refractivity contribution in [2.45, 2.75) is 0 Å². The van der Waals surface area contributed by atoms with Gasteiger partial charge in [0.1, 0.15) is 5.75 Å². The van der Waals surface area contributed by atoms with Gasteiger partial charge >= 0.3 is 0 Å². The van der Waals surface area contributed by atoms with E-state index in [4.69, 9.17) is 4.74 Å². The highest BCUT2D eigenvalue weighted by molar-refractivity contribution is 9.10. The number of rotatable bonds is 3. The first kappa shape index (κ1) is 12.6. The fourth-order valence-corrected chi connectivity index (χ4v) is 2.20. The van der Waals surface area contributed by atoms with Crippen LogP contribution < -0.4 is 4.74 Å². The molecule has 0 fully saturated rings. The fraction of sp³-hybridized carbons (Fsp3) is 0.0769. The van der Waals surface area contributed by atoms with E-state index in [0.717, 1.165) is 10.0 Å². The second kappa shape index (κ2) is 5.18. The summed E-state index contributed by atoms with van der Waals surface area (Å²) in [5, 5.41) is 11.1. The first-order valence-corrected chi connectivity index (χ1v) is 6.00. The fourth-order valence-electron chi connectivity index (χ4n) is 1.70. The molecule has 0 saturated carbocycles. The summed E-state index contributed by atoms with van der Waals surface area (Å²) in [6.07, 6.45) is 0. The Morgan fingerprint density at radius 2 is 1.89 bits per heavy atom. The first-order chi connectivity index (χ1) is 8.63. The van der Waals surface area contributed by atoms with Crippen molar-refractivity contribution < 1.29 is 9.66 Å². The van der Waals surface area contributed by atoms with Crippen molar-refractivity contribution in [1.29, 1.82) is 0 Å². The second-order valence-corrected chi connectivity index (χ2v) is 4.47. The molecule has 0 aliphatic rings. The predicted octanol–water partition coefficient (Wildman–Crippen LogP) is 4.03. The van der Waals surface area contributed by atoms with E-state index >= 15 is 0 Å². The van der Waals surface area contributed by atoms with E-state index in [1.807, 2.05) is 24.3 Å². The Bertz CT molecular complexity index is 599. The van der Waals surface area contributed by atoms with Crippen LogP contribution in [-0.2, 0) is 0 Å². The number of benzene rings is 2. The Morgan fingerprint density at radius 1 is 1.17 bits per heavy atom. The third-order valence-electron chi connectivity index (χ3n) is 2.56. The van der Waals surface area contributed by atoms with Gasteiger partial charge in [0.05, 0.1) is 17.6 Å². The molecule has 2 aromatic rings. The van der Waals surface area contributed by atoms with Crippen LogP contribution in [0.2, 0.25) is 0 Å². The maximum absolute atomic E-state index is 11.1. The smallest absolute Gasteiger partial charge is 0.277 e. The molecule has 0 aromatic heterocycles. The molecule has 92 valence electrons. The topological polar surface area (TPSA) is 52.4 Å². The minimum Gasteiger partial charge on any atom is -0.497 e. The van der Waals surface area contributed by atoms with E-state index < -0.39 is 4.92 Å². The highest BCUT2D eigenvalue weighted by Crippen LogP contribution is 2.36. The molecule has 18 heavy (non-hydrogen) atoms. The highest BCUT2D eigenvalue weighted by Gasteiger charge is 2.17. The number of halogens is 1. The second-order valence-electron chi connectivity index (χ2n) is 3.62. The number of nitro groups is 1. The molecular formula is C13H10BrNO3. The normalized spacial score (nSPS) is 10.1. The van der Waals surface area contributed by atoms with Gasteiger partial charge in [0, 0.05) is 16.1 Å². The quantitative estimate of drug-likeness (QED) is 0.635. The van der Waals surface area contributed by atoms with Gasteiger partial charge in [-0.15, -0.1) is 0 Å². The maximum Gasteiger partial charge on any atom is 0.277 e. The van der Waals surface area contributed by atoms with Crippen molar-refractivity contribution in [3.8, 4) is 16.9 Å². The van der Waals surface area contributed by atoms with E-state index in [1.165, 1.54) is 13.2 Å². The maximum atomic E-state index is 11.1. The molecule has 0 aliphatic heterocycles. The summed E-state index contributed by atoms with van der Waals surface area (Å²) >= 11 is 3.40. The summed E-state index contributed by atoms with van der Waals surface area (Å²) in [4.78, 5) is 10.7. The molecule has 5 heteroatoms. The molecule has 0 heterocycles. The summed E-state index contributed by atoms with van der Waals surface area (Å²) in [5.41, 5.74) is 1.36. The van der Waals surface area contributed by atoms with Crippen LogP contribution in [0.1, 0.15) is 0 Å². The first-order valence-electron chi connectivity index (χ1n) is 5.21. The number of methoxy groups -OCH3 is 1. The Labute approximate surface area is 112 Å². The minimum absolute atomic E-state index is 0.0581. The molecular weight excluding hydrogens is 298 g/mol. The van der Waals surface area contributed by atoms with Gasteiger partial charge in [-0.05, 0) is 18.2 Å². The SMILES string of the molecule is COc1ccc([N+](=O)[O-])c(-c2ccccc2Br)c1. The number of hydrogen-bond donors (Lipinski definition) is 0. The van der Waals surface area contributed by atoms with Gasteiger partial charge in [-0.1, -0.05) is 34.1 Å². The van der Waals surface area contributed by atoms with Gasteiger partial charge < -0.3 is 4.74 Å². The lowest BCUT2D eigenvalue weighted by molar-refractivity contribution is -0.384. The van der Waals surface area contributed by atoms with Crippen molar-refractivity contribution >= 4 is 21.6 Å². The van der Waals surface area contributed by atoms with E-state index in [2.05, 4.69) is 15.9 Å². The molecule has 0 N–H and O–H groups in total. The molecule has 0 aliphatic carbocycles. The molecule has 2 aromatic carbocycles. The number of ether oxygens (including phenoxy) is 1. The average Bonchev–Trinajstić information content (AvgIpc) is 2.38. The number of hydrogen-bond acceptors (Lipinski definition) is 3. The molecule has 0 atom stereocenters. The molecule has 4 nitrogen and oxygen atoms in total. The van der Waals surface area contributed by atoms with Crippen molar-refractivity contribution in [2.24, 2.45) is 0 Å². The lowest BCUT2D eigenvalue weighted by Crippen LogP contribution is -1.93. The Hall–Kier alpha value is -1.88. The van der Waals surface area contributed by atoms with Gasteiger partial charge in [-0.25, -0.2) is 0 Å². The van der Waals surface area contributed by atoms with Gasteiger partial charge in [-0.3, -0.25) is 10.1 Å². The summed E-state index contributed by atoms with van der Waals surface area (Å²) in [6, 6.07) is 12.1. The third kappa shape index (κ3) is 2.36. The summed E-state index contributed by atoms with van der Waals surface area (Å²) < 4.78 is 5.92. The van der Waals surface area contributed by atoms with Crippen LogP contribution in [0.4, 0.5) is 5.69 Å². The van der Waals surface area contributed by atoms with Crippen LogP contribution >= 0.6 is 15.9 Å². The summed E-state index contributed by atoms with van der Waals surface area (Å²) in [6.45, 7) is 0. The van der Waals surface area contributed by atoms with Crippen LogP contribution in [0.3, 0.4) is 0 Å². The van der Waals surface area contributed by atoms with Gasteiger partial charge in [0.25, 0.3) is 5.69 Å². The Morgan fingerprint density at radius 3 is 2.50 bits per heavy atom. The van der Waals surface area contributed by atoms with Gasteiger partial charge in [0.15, 0.2) is 0 Å². The summed E-state index contributed by atoms with van der Waals surface area (Å²) in [7, 11) is 1.53. The van der Waals surface area contributed by atoms with Crippen LogP contribution in [0.15, 0.2) is 46.9 Å². The van der Waals surface area contributed by atoms with Gasteiger partial charge in [0.2, 0.25) is 0 Å². The van der Waals surface area contributed by atoms with Crippen LogP contribution in [0, 0.1) is 10.1 Å². The van der Waals surface area contributed by atoms with Crippen molar-refractivity contribution in [2.75, 3.05) is 7.11 Å². The average molecular weight is 308 g/mol. The largest absolute Gasteiger partial charge is 0.497 e. The number of nitro benzene ring substituents is 1. The molecule has 0 unspecified atom stereocenters. The Kier molecular flexibility index (Phi) is 3.62. The van der Waals surface area contributed by atoms with Crippen LogP contribution in [0.25, 0.3) is 11.1 Å². The van der Waals surface area contributed by atoms with Crippen LogP contribution in [-0.4, -0.2) is 12.0 Å². The predicted molar refractivity (Wildman–Crippen MR) is 72.8 cm³/mol.